The van der Waals surface area contributed by atoms with Crippen molar-refractivity contribution in [2.75, 3.05) is 18.4 Å². The number of carbonyl (C=O) groups excluding carboxylic acids is 2. The van der Waals surface area contributed by atoms with Crippen LogP contribution in [0.25, 0.3) is 0 Å². The third-order valence-corrected chi connectivity index (χ3v) is 2.55. The predicted molar refractivity (Wildman–Crippen MR) is 71.6 cm³/mol. The van der Waals surface area contributed by atoms with Crippen LogP contribution in [0.5, 0.6) is 0 Å². The van der Waals surface area contributed by atoms with E-state index in [-0.39, 0.29) is 18.2 Å². The third kappa shape index (κ3) is 5.11. The molecule has 1 N–H and O–H groups in total. The number of nitrogens with one attached hydrogen (secondary N) is 1. The Morgan fingerprint density at radius 2 is 1.95 bits per heavy atom. The number of aryl methyl sites for hydroxylation is 1. The molecule has 0 unspecified atom stereocenters. The fourth-order valence-electron chi connectivity index (χ4n) is 1.76. The fraction of sp³-hybridized carbons (Fsp3) is 0.615. The first-order chi connectivity index (χ1) is 9.06. The maximum absolute atomic E-state index is 12.0. The van der Waals surface area contributed by atoms with E-state index in [4.69, 9.17) is 4.52 Å². The first-order valence-corrected chi connectivity index (χ1v) is 6.57. The maximum Gasteiger partial charge on any atom is 0.235 e. The summed E-state index contributed by atoms with van der Waals surface area (Å²) in [4.78, 5) is 25.4. The minimum absolute atomic E-state index is 0.151. The SMILES string of the molecule is CCCN(CCC)C(=O)CC(=O)Nc1cc(C)on1. The summed E-state index contributed by atoms with van der Waals surface area (Å²) >= 11 is 0. The van der Waals surface area contributed by atoms with Crippen molar-refractivity contribution < 1.29 is 14.1 Å². The number of rotatable bonds is 7. The van der Waals surface area contributed by atoms with E-state index in [1.807, 2.05) is 13.8 Å². The summed E-state index contributed by atoms with van der Waals surface area (Å²) in [5.41, 5.74) is 0. The molecule has 6 nitrogen and oxygen atoms in total. The predicted octanol–water partition coefficient (Wildman–Crippen LogP) is 1.96. The van der Waals surface area contributed by atoms with E-state index in [0.29, 0.717) is 24.7 Å². The van der Waals surface area contributed by atoms with Crippen molar-refractivity contribution in [3.05, 3.63) is 11.8 Å². The topological polar surface area (TPSA) is 75.4 Å². The molecule has 1 aromatic heterocycles. The molecule has 0 aromatic carbocycles. The van der Waals surface area contributed by atoms with Crippen molar-refractivity contribution in [1.29, 1.82) is 0 Å². The highest BCUT2D eigenvalue weighted by Crippen LogP contribution is 2.08. The Labute approximate surface area is 113 Å². The molecule has 0 radical (unpaired) electrons. The lowest BCUT2D eigenvalue weighted by atomic mass is 10.3. The highest BCUT2D eigenvalue weighted by molar-refractivity contribution is 6.03. The number of aromatic nitrogens is 1. The standard InChI is InChI=1S/C13H21N3O3/c1-4-6-16(7-5-2)13(18)9-12(17)14-11-8-10(3)19-15-11/h8H,4-7,9H2,1-3H3,(H,14,15,17). The van der Waals surface area contributed by atoms with Crippen molar-refractivity contribution in [3.63, 3.8) is 0 Å². The van der Waals surface area contributed by atoms with E-state index in [1.54, 1.807) is 17.9 Å². The summed E-state index contributed by atoms with van der Waals surface area (Å²) < 4.78 is 4.83. The number of amides is 2. The van der Waals surface area contributed by atoms with Crippen LogP contribution in [0, 0.1) is 6.92 Å². The van der Waals surface area contributed by atoms with Gasteiger partial charge in [-0.05, 0) is 19.8 Å². The number of nitrogens with zero attached hydrogens (tertiary/aromatic N) is 2. The van der Waals surface area contributed by atoms with Crippen LogP contribution < -0.4 is 5.32 Å². The normalized spacial score (nSPS) is 10.3. The van der Waals surface area contributed by atoms with Crippen molar-refractivity contribution >= 4 is 17.6 Å². The number of carbonyl (C=O) groups is 2. The highest BCUT2D eigenvalue weighted by Gasteiger charge is 2.16. The fourth-order valence-corrected chi connectivity index (χ4v) is 1.76. The average molecular weight is 267 g/mol. The quantitative estimate of drug-likeness (QED) is 0.766. The number of hydrogen-bond acceptors (Lipinski definition) is 4. The summed E-state index contributed by atoms with van der Waals surface area (Å²) in [5, 5.41) is 6.19. The van der Waals surface area contributed by atoms with Crippen LogP contribution >= 0.6 is 0 Å². The zero-order valence-corrected chi connectivity index (χ0v) is 11.7. The van der Waals surface area contributed by atoms with Gasteiger partial charge in [-0.3, -0.25) is 9.59 Å². The Morgan fingerprint density at radius 3 is 2.42 bits per heavy atom. The van der Waals surface area contributed by atoms with Crippen LogP contribution in [-0.4, -0.2) is 35.0 Å². The second-order valence-corrected chi connectivity index (χ2v) is 4.43. The summed E-state index contributed by atoms with van der Waals surface area (Å²) in [7, 11) is 0. The molecule has 1 heterocycles. The highest BCUT2D eigenvalue weighted by atomic mass is 16.5. The molecule has 0 aliphatic heterocycles. The van der Waals surface area contributed by atoms with Gasteiger partial charge in [-0.25, -0.2) is 0 Å². The van der Waals surface area contributed by atoms with Crippen LogP contribution in [0.3, 0.4) is 0 Å². The molecule has 1 rings (SSSR count). The third-order valence-electron chi connectivity index (χ3n) is 2.55. The molecule has 0 saturated carbocycles. The Morgan fingerprint density at radius 1 is 1.32 bits per heavy atom. The minimum atomic E-state index is -0.365. The van der Waals surface area contributed by atoms with Gasteiger partial charge in [-0.1, -0.05) is 19.0 Å². The maximum atomic E-state index is 12.0. The molecule has 19 heavy (non-hydrogen) atoms. The molecular weight excluding hydrogens is 246 g/mol. The van der Waals surface area contributed by atoms with Crippen LogP contribution in [0.15, 0.2) is 10.6 Å². The van der Waals surface area contributed by atoms with E-state index in [1.165, 1.54) is 0 Å². The van der Waals surface area contributed by atoms with Crippen molar-refractivity contribution in [3.8, 4) is 0 Å². The van der Waals surface area contributed by atoms with Gasteiger partial charge in [0.1, 0.15) is 12.2 Å². The molecule has 0 bridgehead atoms. The van der Waals surface area contributed by atoms with Gasteiger partial charge in [0.25, 0.3) is 0 Å². The van der Waals surface area contributed by atoms with Gasteiger partial charge in [-0.15, -0.1) is 0 Å². The molecule has 0 aliphatic rings. The van der Waals surface area contributed by atoms with E-state index >= 15 is 0 Å². The zero-order chi connectivity index (χ0) is 14.3. The van der Waals surface area contributed by atoms with Gasteiger partial charge in [0.15, 0.2) is 5.82 Å². The van der Waals surface area contributed by atoms with E-state index in [9.17, 15) is 9.59 Å². The summed E-state index contributed by atoms with van der Waals surface area (Å²) in [6.45, 7) is 7.12. The van der Waals surface area contributed by atoms with Gasteiger partial charge in [-0.2, -0.15) is 0 Å². The first-order valence-electron chi connectivity index (χ1n) is 6.57. The molecule has 6 heteroatoms. The molecule has 0 aliphatic carbocycles. The molecular formula is C13H21N3O3. The Hall–Kier alpha value is -1.85. The Bertz CT molecular complexity index is 423. The van der Waals surface area contributed by atoms with Gasteiger partial charge >= 0.3 is 0 Å². The smallest absolute Gasteiger partial charge is 0.235 e. The number of hydrogen-bond donors (Lipinski definition) is 1. The second kappa shape index (κ2) is 7.56. The lowest BCUT2D eigenvalue weighted by Gasteiger charge is -2.20. The monoisotopic (exact) mass is 267 g/mol. The van der Waals surface area contributed by atoms with Gasteiger partial charge in [0.05, 0.1) is 0 Å². The van der Waals surface area contributed by atoms with Crippen LogP contribution in [-0.2, 0) is 9.59 Å². The van der Waals surface area contributed by atoms with Gasteiger partial charge < -0.3 is 14.7 Å². The first kappa shape index (κ1) is 15.2. The minimum Gasteiger partial charge on any atom is -0.360 e. The molecule has 106 valence electrons. The lowest BCUT2D eigenvalue weighted by Crippen LogP contribution is -2.35. The average Bonchev–Trinajstić information content (AvgIpc) is 2.74. The van der Waals surface area contributed by atoms with Crippen molar-refractivity contribution in [2.45, 2.75) is 40.0 Å². The summed E-state index contributed by atoms with van der Waals surface area (Å²) in [5.74, 6) is 0.435. The number of anilines is 1. The van der Waals surface area contributed by atoms with Crippen LogP contribution in [0.4, 0.5) is 5.82 Å². The molecule has 0 fully saturated rings. The lowest BCUT2D eigenvalue weighted by molar-refractivity contribution is -0.134. The summed E-state index contributed by atoms with van der Waals surface area (Å²) in [6.07, 6.45) is 1.61. The Balaban J connectivity index is 2.48. The Kier molecular flexibility index (Phi) is 6.05. The molecule has 0 spiro atoms. The second-order valence-electron chi connectivity index (χ2n) is 4.43. The van der Waals surface area contributed by atoms with E-state index in [0.717, 1.165) is 12.8 Å². The van der Waals surface area contributed by atoms with Crippen molar-refractivity contribution in [1.82, 2.24) is 10.1 Å². The largest absolute Gasteiger partial charge is 0.360 e. The zero-order valence-electron chi connectivity index (χ0n) is 11.7. The van der Waals surface area contributed by atoms with Crippen LogP contribution in [0.1, 0.15) is 38.9 Å². The van der Waals surface area contributed by atoms with Gasteiger partial charge in [0, 0.05) is 19.2 Å². The van der Waals surface area contributed by atoms with E-state index in [2.05, 4.69) is 10.5 Å². The molecule has 1 aromatic rings. The van der Waals surface area contributed by atoms with Crippen LogP contribution in [0.2, 0.25) is 0 Å². The molecule has 0 saturated heterocycles. The van der Waals surface area contributed by atoms with Gasteiger partial charge in [0.2, 0.25) is 11.8 Å². The molecule has 0 atom stereocenters. The van der Waals surface area contributed by atoms with Crippen molar-refractivity contribution in [2.24, 2.45) is 0 Å². The molecule has 2 amide bonds. The summed E-state index contributed by atoms with van der Waals surface area (Å²) in [6, 6.07) is 1.61. The van der Waals surface area contributed by atoms with E-state index < -0.39 is 0 Å².